The Balaban J connectivity index is 2.14. The topological polar surface area (TPSA) is 3.88 Å². The molecule has 4 rings (SSSR count). The number of rotatable bonds is 4. The summed E-state index contributed by atoms with van der Waals surface area (Å²) in [7, 11) is 0. The fraction of sp³-hybridized carbons (Fsp3) is 0.393. The number of aromatic nitrogens is 1. The molecule has 0 amide bonds. The molecule has 1 nitrogen and oxygen atoms in total. The van der Waals surface area contributed by atoms with Crippen molar-refractivity contribution in [2.75, 3.05) is 0 Å². The Hall–Kier alpha value is -2.41. The maximum atomic E-state index is 4.68. The Morgan fingerprint density at radius 3 is 2.21 bits per heavy atom. The summed E-state index contributed by atoms with van der Waals surface area (Å²) in [6, 6.07) is 16.3. The number of nitrogens with zero attached hydrogens (tertiary/aromatic N) is 1. The van der Waals surface area contributed by atoms with Crippen LogP contribution in [0.25, 0.3) is 27.7 Å². The summed E-state index contributed by atoms with van der Waals surface area (Å²) in [5.74, 6) is 0.644. The molecular formula is C28H34N+. The van der Waals surface area contributed by atoms with Crippen molar-refractivity contribution in [2.45, 2.75) is 66.3 Å². The molecule has 1 aliphatic rings. The summed E-state index contributed by atoms with van der Waals surface area (Å²) in [5.41, 5.74) is 10.6. The lowest BCUT2D eigenvalue weighted by molar-refractivity contribution is -0.718. The van der Waals surface area contributed by atoms with Gasteiger partial charge in [0.05, 0.1) is 5.56 Å². The van der Waals surface area contributed by atoms with Gasteiger partial charge in [-0.25, -0.2) is 0 Å². The highest BCUT2D eigenvalue weighted by Crippen LogP contribution is 2.45. The smallest absolute Gasteiger partial charge is 0.182 e. The van der Waals surface area contributed by atoms with Gasteiger partial charge in [0.1, 0.15) is 0 Å². The summed E-state index contributed by atoms with van der Waals surface area (Å²) in [6.45, 7) is 18.3. The Morgan fingerprint density at radius 1 is 0.931 bits per heavy atom. The molecule has 0 N–H and O–H groups in total. The zero-order valence-corrected chi connectivity index (χ0v) is 18.9. The van der Waals surface area contributed by atoms with Crippen LogP contribution in [-0.2, 0) is 12.0 Å². The van der Waals surface area contributed by atoms with Crippen LogP contribution in [0.3, 0.4) is 0 Å². The fourth-order valence-corrected chi connectivity index (χ4v) is 5.30. The molecule has 29 heavy (non-hydrogen) atoms. The van der Waals surface area contributed by atoms with E-state index >= 15 is 0 Å². The summed E-state index contributed by atoms with van der Waals surface area (Å²) in [4.78, 5) is 0. The largest absolute Gasteiger partial charge is 0.214 e. The minimum atomic E-state index is -0.0833. The zero-order valence-electron chi connectivity index (χ0n) is 18.9. The number of benzene rings is 2. The maximum absolute atomic E-state index is 4.68. The molecule has 150 valence electrons. The van der Waals surface area contributed by atoms with Gasteiger partial charge in [0.25, 0.3) is 0 Å². The molecule has 2 aromatic carbocycles. The first-order valence-electron chi connectivity index (χ1n) is 11.1. The Bertz CT molecular complexity index is 1110. The molecule has 2 heterocycles. The lowest BCUT2D eigenvalue weighted by Gasteiger charge is -2.36. The van der Waals surface area contributed by atoms with Crippen LogP contribution in [-0.4, -0.2) is 0 Å². The Labute approximate surface area is 176 Å². The fourth-order valence-electron chi connectivity index (χ4n) is 5.30. The first-order chi connectivity index (χ1) is 13.8. The van der Waals surface area contributed by atoms with Gasteiger partial charge in [-0.05, 0) is 60.6 Å². The molecule has 0 saturated carbocycles. The first-order valence-corrected chi connectivity index (χ1v) is 11.1. The van der Waals surface area contributed by atoms with Crippen molar-refractivity contribution in [2.24, 2.45) is 5.92 Å². The number of hydrogen-bond donors (Lipinski definition) is 0. The van der Waals surface area contributed by atoms with Gasteiger partial charge in [0.15, 0.2) is 5.54 Å². The second kappa shape index (κ2) is 7.13. The highest BCUT2D eigenvalue weighted by atomic mass is 15.1. The monoisotopic (exact) mass is 384 g/mol. The van der Waals surface area contributed by atoms with Crippen LogP contribution >= 0.6 is 0 Å². The predicted molar refractivity (Wildman–Crippen MR) is 125 cm³/mol. The number of allylic oxidation sites excluding steroid dienone is 1. The van der Waals surface area contributed by atoms with E-state index in [-0.39, 0.29) is 5.54 Å². The number of hydrogen-bond acceptors (Lipinski definition) is 0. The van der Waals surface area contributed by atoms with E-state index in [1.54, 1.807) is 0 Å². The van der Waals surface area contributed by atoms with E-state index in [0.717, 1.165) is 19.3 Å². The summed E-state index contributed by atoms with van der Waals surface area (Å²) < 4.78 is 2.62. The number of fused-ring (bicyclic) bond motifs is 5. The van der Waals surface area contributed by atoms with E-state index in [2.05, 4.69) is 95.2 Å². The van der Waals surface area contributed by atoms with Crippen LogP contribution in [0, 0.1) is 19.8 Å². The van der Waals surface area contributed by atoms with Crippen LogP contribution in [0.4, 0.5) is 0 Å². The molecule has 0 radical (unpaired) electrons. The second-order valence-electron chi connectivity index (χ2n) is 9.20. The van der Waals surface area contributed by atoms with Crippen LogP contribution < -0.4 is 4.57 Å². The van der Waals surface area contributed by atoms with Crippen molar-refractivity contribution in [1.82, 2.24) is 0 Å². The van der Waals surface area contributed by atoms with Crippen LogP contribution in [0.15, 0.2) is 49.0 Å². The number of pyridine rings is 1. The van der Waals surface area contributed by atoms with Crippen molar-refractivity contribution < 1.29 is 4.57 Å². The van der Waals surface area contributed by atoms with Gasteiger partial charge in [-0.15, -0.1) is 0 Å². The molecule has 0 bridgehead atoms. The van der Waals surface area contributed by atoms with Crippen LogP contribution in [0.1, 0.15) is 62.8 Å². The van der Waals surface area contributed by atoms with E-state index in [9.17, 15) is 0 Å². The summed E-state index contributed by atoms with van der Waals surface area (Å²) in [5, 5.41) is 1.39. The van der Waals surface area contributed by atoms with Gasteiger partial charge in [-0.3, -0.25) is 0 Å². The van der Waals surface area contributed by atoms with Crippen LogP contribution in [0.5, 0.6) is 0 Å². The van der Waals surface area contributed by atoms with Crippen molar-refractivity contribution in [3.05, 3.63) is 71.3 Å². The third-order valence-electron chi connectivity index (χ3n) is 7.09. The predicted octanol–water partition coefficient (Wildman–Crippen LogP) is 7.15. The minimum Gasteiger partial charge on any atom is -0.182 e. The Morgan fingerprint density at radius 2 is 1.59 bits per heavy atom. The molecule has 0 fully saturated rings. The van der Waals surface area contributed by atoms with E-state index in [0.29, 0.717) is 5.92 Å². The van der Waals surface area contributed by atoms with E-state index in [1.807, 2.05) is 0 Å². The SMILES string of the molecule is C=C1c2cc(C)c(C)cc2-c2ccc3c(CC(C)C)cccc3[n+]2C1(CC)CC. The molecule has 0 spiro atoms. The molecule has 0 aliphatic carbocycles. The van der Waals surface area contributed by atoms with Crippen molar-refractivity contribution in [3.8, 4) is 11.3 Å². The average molecular weight is 385 g/mol. The lowest BCUT2D eigenvalue weighted by atomic mass is 9.74. The van der Waals surface area contributed by atoms with Crippen molar-refractivity contribution >= 4 is 16.5 Å². The van der Waals surface area contributed by atoms with Crippen LogP contribution in [0.2, 0.25) is 0 Å². The first kappa shape index (κ1) is 19.9. The normalized spacial score (nSPS) is 14.9. The lowest BCUT2D eigenvalue weighted by Crippen LogP contribution is -2.59. The average Bonchev–Trinajstić information content (AvgIpc) is 2.70. The Kier molecular flexibility index (Phi) is 4.89. The maximum Gasteiger partial charge on any atom is 0.214 e. The number of aryl methyl sites for hydroxylation is 2. The third kappa shape index (κ3) is 2.86. The molecule has 3 aromatic rings. The van der Waals surface area contributed by atoms with Gasteiger partial charge in [0, 0.05) is 35.9 Å². The molecule has 1 aromatic heterocycles. The van der Waals surface area contributed by atoms with E-state index < -0.39 is 0 Å². The molecule has 1 heteroatoms. The van der Waals surface area contributed by atoms with Gasteiger partial charge in [0.2, 0.25) is 11.2 Å². The quantitative estimate of drug-likeness (QED) is 0.420. The standard InChI is InChI=1S/C28H34N/c1-8-28(9-2)21(7)24-16-19(5)20(6)17-25(24)27-14-13-23-22(15-18(3)4)11-10-12-26(23)29(27)28/h10-14,16-18H,7-9,15H2,1-6H3/q+1. The van der Waals surface area contributed by atoms with Crippen molar-refractivity contribution in [3.63, 3.8) is 0 Å². The van der Waals surface area contributed by atoms with Gasteiger partial charge >= 0.3 is 0 Å². The minimum absolute atomic E-state index is 0.0833. The van der Waals surface area contributed by atoms with Gasteiger partial charge in [-0.1, -0.05) is 52.5 Å². The molecule has 0 unspecified atom stereocenters. The third-order valence-corrected chi connectivity index (χ3v) is 7.09. The molecule has 0 saturated heterocycles. The van der Waals surface area contributed by atoms with E-state index in [1.165, 1.54) is 50.0 Å². The summed E-state index contributed by atoms with van der Waals surface area (Å²) in [6.07, 6.45) is 3.19. The van der Waals surface area contributed by atoms with E-state index in [4.69, 9.17) is 0 Å². The molecule has 0 atom stereocenters. The highest BCUT2D eigenvalue weighted by molar-refractivity contribution is 5.88. The van der Waals surface area contributed by atoms with Crippen molar-refractivity contribution in [1.29, 1.82) is 0 Å². The van der Waals surface area contributed by atoms with Gasteiger partial charge in [-0.2, -0.15) is 4.57 Å². The molecular weight excluding hydrogens is 350 g/mol. The summed E-state index contributed by atoms with van der Waals surface area (Å²) >= 11 is 0. The molecule has 1 aliphatic heterocycles. The second-order valence-corrected chi connectivity index (χ2v) is 9.20. The van der Waals surface area contributed by atoms with Gasteiger partial charge < -0.3 is 0 Å². The zero-order chi connectivity index (χ0) is 20.9. The highest BCUT2D eigenvalue weighted by Gasteiger charge is 2.48.